The van der Waals surface area contributed by atoms with Gasteiger partial charge in [0.2, 0.25) is 0 Å². The van der Waals surface area contributed by atoms with Crippen LogP contribution in [0, 0.1) is 20.8 Å². The van der Waals surface area contributed by atoms with E-state index in [-0.39, 0.29) is 11.3 Å². The number of carbonyl (C=O) groups is 4. The molecule has 4 amide bonds. The van der Waals surface area contributed by atoms with E-state index in [1.54, 1.807) is 43.3 Å². The van der Waals surface area contributed by atoms with Crippen LogP contribution >= 0.6 is 11.6 Å². The molecule has 0 bridgehead atoms. The number of esters is 1. The lowest BCUT2D eigenvalue weighted by Gasteiger charge is -2.26. The molecule has 1 fully saturated rings. The van der Waals surface area contributed by atoms with E-state index < -0.39 is 23.8 Å². The third kappa shape index (κ3) is 4.36. The predicted octanol–water partition coefficient (Wildman–Crippen LogP) is 4.51. The van der Waals surface area contributed by atoms with Crippen LogP contribution in [0.5, 0.6) is 0 Å². The first-order valence-corrected chi connectivity index (χ1v) is 11.1. The summed E-state index contributed by atoms with van der Waals surface area (Å²) in [7, 11) is 1.32. The maximum absolute atomic E-state index is 13.2. The number of aryl methyl sites for hydroxylation is 2. The number of barbiturate groups is 1. The molecule has 35 heavy (non-hydrogen) atoms. The smallest absolute Gasteiger partial charge is 0.337 e. The molecule has 9 heteroatoms. The Balaban J connectivity index is 1.72. The summed E-state index contributed by atoms with van der Waals surface area (Å²) < 4.78 is 6.67. The zero-order valence-corrected chi connectivity index (χ0v) is 20.3. The monoisotopic (exact) mass is 491 g/mol. The molecule has 0 spiro atoms. The molecule has 0 unspecified atom stereocenters. The maximum Gasteiger partial charge on any atom is 0.337 e. The van der Waals surface area contributed by atoms with Crippen LogP contribution < -0.4 is 10.2 Å². The molecule has 8 nitrogen and oxygen atoms in total. The van der Waals surface area contributed by atoms with Crippen LogP contribution in [-0.4, -0.2) is 35.5 Å². The molecule has 0 radical (unpaired) electrons. The van der Waals surface area contributed by atoms with E-state index in [4.69, 9.17) is 16.3 Å². The Kier molecular flexibility index (Phi) is 6.32. The van der Waals surface area contributed by atoms with E-state index in [9.17, 15) is 19.2 Å². The van der Waals surface area contributed by atoms with E-state index in [0.717, 1.165) is 27.5 Å². The number of halogens is 1. The minimum Gasteiger partial charge on any atom is -0.465 e. The van der Waals surface area contributed by atoms with Crippen LogP contribution in [0.15, 0.2) is 54.1 Å². The van der Waals surface area contributed by atoms with Crippen molar-refractivity contribution in [2.75, 3.05) is 12.0 Å². The van der Waals surface area contributed by atoms with Gasteiger partial charge in [-0.25, -0.2) is 14.5 Å². The number of imide groups is 2. The van der Waals surface area contributed by atoms with Gasteiger partial charge in [-0.05, 0) is 80.4 Å². The Morgan fingerprint density at radius 2 is 1.63 bits per heavy atom. The van der Waals surface area contributed by atoms with Gasteiger partial charge in [-0.2, -0.15) is 0 Å². The number of nitrogens with one attached hydrogen (secondary N) is 1. The second-order valence-electron chi connectivity index (χ2n) is 8.09. The van der Waals surface area contributed by atoms with Gasteiger partial charge < -0.3 is 9.30 Å². The summed E-state index contributed by atoms with van der Waals surface area (Å²) in [6, 6.07) is 12.7. The van der Waals surface area contributed by atoms with Crippen LogP contribution in [0.4, 0.5) is 10.5 Å². The number of ether oxygens (including phenoxy) is 1. The Morgan fingerprint density at radius 3 is 2.26 bits per heavy atom. The highest BCUT2D eigenvalue weighted by Gasteiger charge is 2.37. The highest BCUT2D eigenvalue weighted by atomic mass is 35.5. The highest BCUT2D eigenvalue weighted by molar-refractivity contribution is 6.39. The molecule has 3 aromatic rings. The van der Waals surface area contributed by atoms with Crippen LogP contribution in [-0.2, 0) is 14.3 Å². The highest BCUT2D eigenvalue weighted by Crippen LogP contribution is 2.28. The Morgan fingerprint density at radius 1 is 0.971 bits per heavy atom. The molecular formula is C26H22ClN3O5. The molecule has 0 saturated carbocycles. The lowest BCUT2D eigenvalue weighted by atomic mass is 10.1. The van der Waals surface area contributed by atoms with E-state index in [2.05, 4.69) is 5.32 Å². The fourth-order valence-corrected chi connectivity index (χ4v) is 4.14. The first kappa shape index (κ1) is 24.0. The number of nitrogens with zero attached hydrogens (tertiary/aromatic N) is 2. The Bertz CT molecular complexity index is 1420. The molecule has 178 valence electrons. The predicted molar refractivity (Wildman–Crippen MR) is 132 cm³/mol. The van der Waals surface area contributed by atoms with Crippen molar-refractivity contribution in [3.8, 4) is 5.69 Å². The fourth-order valence-electron chi connectivity index (χ4n) is 3.96. The van der Waals surface area contributed by atoms with Crippen molar-refractivity contribution in [1.82, 2.24) is 9.88 Å². The van der Waals surface area contributed by atoms with Crippen LogP contribution in [0.25, 0.3) is 11.8 Å². The minimum atomic E-state index is -0.840. The quantitative estimate of drug-likeness (QED) is 0.329. The summed E-state index contributed by atoms with van der Waals surface area (Å²) >= 11 is 6.18. The van der Waals surface area contributed by atoms with E-state index >= 15 is 0 Å². The molecular weight excluding hydrogens is 470 g/mol. The molecule has 0 aliphatic carbocycles. The second kappa shape index (κ2) is 9.23. The van der Waals surface area contributed by atoms with Crippen molar-refractivity contribution in [2.24, 2.45) is 0 Å². The summed E-state index contributed by atoms with van der Waals surface area (Å²) in [5.74, 6) is -1.95. The van der Waals surface area contributed by atoms with Crippen LogP contribution in [0.3, 0.4) is 0 Å². The molecule has 4 rings (SSSR count). The number of anilines is 1. The fraction of sp³-hybridized carbons (Fsp3) is 0.154. The number of benzene rings is 2. The van der Waals surface area contributed by atoms with Crippen LogP contribution in [0.2, 0.25) is 5.02 Å². The average Bonchev–Trinajstić information content (AvgIpc) is 3.11. The molecule has 1 aliphatic heterocycles. The van der Waals surface area contributed by atoms with E-state index in [0.29, 0.717) is 16.1 Å². The van der Waals surface area contributed by atoms with Gasteiger partial charge in [0.05, 0.1) is 18.4 Å². The Labute approximate surface area is 206 Å². The summed E-state index contributed by atoms with van der Waals surface area (Å²) in [6.07, 6.45) is 1.47. The van der Waals surface area contributed by atoms with Gasteiger partial charge in [0.15, 0.2) is 0 Å². The molecule has 0 atom stereocenters. The molecule has 2 heterocycles. The number of hydrogen-bond donors (Lipinski definition) is 1. The summed E-state index contributed by atoms with van der Waals surface area (Å²) in [4.78, 5) is 50.9. The number of methoxy groups -OCH3 is 1. The van der Waals surface area contributed by atoms with E-state index in [1.807, 2.05) is 24.5 Å². The van der Waals surface area contributed by atoms with Crippen molar-refractivity contribution < 1.29 is 23.9 Å². The third-order valence-corrected chi connectivity index (χ3v) is 6.24. The van der Waals surface area contributed by atoms with Gasteiger partial charge in [0.25, 0.3) is 11.8 Å². The molecule has 1 N–H and O–H groups in total. The van der Waals surface area contributed by atoms with Gasteiger partial charge in [-0.1, -0.05) is 17.7 Å². The minimum absolute atomic E-state index is 0.178. The van der Waals surface area contributed by atoms with Gasteiger partial charge in [-0.3, -0.25) is 14.9 Å². The van der Waals surface area contributed by atoms with Crippen molar-refractivity contribution in [2.45, 2.75) is 20.8 Å². The lowest BCUT2D eigenvalue weighted by molar-refractivity contribution is -0.122. The first-order valence-electron chi connectivity index (χ1n) is 10.7. The van der Waals surface area contributed by atoms with E-state index in [1.165, 1.54) is 19.3 Å². The van der Waals surface area contributed by atoms with Gasteiger partial charge in [0, 0.05) is 22.1 Å². The van der Waals surface area contributed by atoms with Crippen molar-refractivity contribution in [1.29, 1.82) is 0 Å². The average molecular weight is 492 g/mol. The van der Waals surface area contributed by atoms with Crippen molar-refractivity contribution in [3.05, 3.63) is 87.2 Å². The number of urea groups is 1. The largest absolute Gasteiger partial charge is 0.465 e. The van der Waals surface area contributed by atoms with Gasteiger partial charge in [0.1, 0.15) is 5.57 Å². The molecule has 2 aromatic carbocycles. The van der Waals surface area contributed by atoms with Crippen LogP contribution in [0.1, 0.15) is 32.9 Å². The first-order chi connectivity index (χ1) is 16.6. The third-order valence-electron chi connectivity index (χ3n) is 5.83. The lowest BCUT2D eigenvalue weighted by Crippen LogP contribution is -2.54. The van der Waals surface area contributed by atoms with Crippen molar-refractivity contribution in [3.63, 3.8) is 0 Å². The molecule has 1 saturated heterocycles. The number of hydrogen-bond acceptors (Lipinski definition) is 5. The Hall–Kier alpha value is -4.17. The molecule has 1 aromatic heterocycles. The number of carbonyl (C=O) groups excluding carboxylic acids is 4. The summed E-state index contributed by atoms with van der Waals surface area (Å²) in [6.45, 7) is 5.54. The summed E-state index contributed by atoms with van der Waals surface area (Å²) in [5.41, 5.74) is 4.34. The maximum atomic E-state index is 13.2. The summed E-state index contributed by atoms with van der Waals surface area (Å²) in [5, 5.41) is 2.62. The standard InChI is InChI=1S/C26H22ClN3O5/c1-14-5-8-20(13-22(14)27)30-24(32)21(23(31)28-26(30)34)12-18-11-15(2)29(16(18)3)19-9-6-17(7-10-19)25(33)35-4/h5-13H,1-4H3,(H,28,31,34)/b21-12-. The topological polar surface area (TPSA) is 97.7 Å². The van der Waals surface area contributed by atoms with Gasteiger partial charge in [-0.15, -0.1) is 0 Å². The SMILES string of the molecule is COC(=O)c1ccc(-n2c(C)cc(/C=C3/C(=O)NC(=O)N(c4ccc(C)c(Cl)c4)C3=O)c2C)cc1. The zero-order valence-electron chi connectivity index (χ0n) is 19.5. The molecule has 1 aliphatic rings. The number of rotatable bonds is 4. The number of amides is 4. The zero-order chi connectivity index (χ0) is 25.4. The second-order valence-corrected chi connectivity index (χ2v) is 8.50. The van der Waals surface area contributed by atoms with Crippen molar-refractivity contribution >= 4 is 47.2 Å². The number of aromatic nitrogens is 1. The normalized spacial score (nSPS) is 14.9. The van der Waals surface area contributed by atoms with Gasteiger partial charge >= 0.3 is 12.0 Å².